The van der Waals surface area contributed by atoms with Crippen LogP contribution < -0.4 is 15.2 Å². The number of rotatable bonds is 8. The fraction of sp³-hybridized carbons (Fsp3) is 0.400. The van der Waals surface area contributed by atoms with Crippen molar-refractivity contribution in [3.8, 4) is 11.5 Å². The molecule has 1 atom stereocenters. The third-order valence-corrected chi connectivity index (χ3v) is 4.22. The summed E-state index contributed by atoms with van der Waals surface area (Å²) < 4.78 is 10.9. The van der Waals surface area contributed by atoms with Crippen molar-refractivity contribution in [1.29, 1.82) is 0 Å². The standard InChI is InChI=1S/C20H26ClNO2/c1-14(2)13-24-18-7-4-15(5-8-18)10-17(12-22)16-6-9-20(23-3)19(21)11-16/h4-9,11,14,17H,10,12-13,22H2,1-3H3. The van der Waals surface area contributed by atoms with Gasteiger partial charge >= 0.3 is 0 Å². The van der Waals surface area contributed by atoms with Crippen LogP contribution in [0, 0.1) is 5.92 Å². The highest BCUT2D eigenvalue weighted by Crippen LogP contribution is 2.29. The summed E-state index contributed by atoms with van der Waals surface area (Å²) in [6, 6.07) is 14.1. The van der Waals surface area contributed by atoms with Crippen molar-refractivity contribution >= 4 is 11.6 Å². The fourth-order valence-electron chi connectivity index (χ4n) is 2.54. The molecule has 2 aromatic rings. The van der Waals surface area contributed by atoms with Crippen LogP contribution in [-0.2, 0) is 6.42 Å². The number of benzene rings is 2. The molecule has 4 heteroatoms. The molecule has 130 valence electrons. The summed E-state index contributed by atoms with van der Waals surface area (Å²) in [5, 5.41) is 0.617. The first-order chi connectivity index (χ1) is 11.5. The smallest absolute Gasteiger partial charge is 0.137 e. The summed E-state index contributed by atoms with van der Waals surface area (Å²) in [4.78, 5) is 0. The SMILES string of the molecule is COc1ccc(C(CN)Cc2ccc(OCC(C)C)cc2)cc1Cl. The van der Waals surface area contributed by atoms with E-state index in [0.717, 1.165) is 24.3 Å². The van der Waals surface area contributed by atoms with Crippen molar-refractivity contribution in [1.82, 2.24) is 0 Å². The van der Waals surface area contributed by atoms with E-state index in [1.165, 1.54) is 5.56 Å². The van der Waals surface area contributed by atoms with Crippen LogP contribution in [0.2, 0.25) is 5.02 Å². The van der Waals surface area contributed by atoms with Gasteiger partial charge in [0.05, 0.1) is 18.7 Å². The summed E-state index contributed by atoms with van der Waals surface area (Å²) in [7, 11) is 1.62. The lowest BCUT2D eigenvalue weighted by atomic mass is 9.92. The van der Waals surface area contributed by atoms with Crippen molar-refractivity contribution in [3.63, 3.8) is 0 Å². The van der Waals surface area contributed by atoms with E-state index < -0.39 is 0 Å². The first-order valence-corrected chi connectivity index (χ1v) is 8.66. The maximum atomic E-state index is 6.23. The maximum Gasteiger partial charge on any atom is 0.137 e. The summed E-state index contributed by atoms with van der Waals surface area (Å²) in [6.07, 6.45) is 0.865. The van der Waals surface area contributed by atoms with Crippen LogP contribution in [0.1, 0.15) is 30.9 Å². The lowest BCUT2D eigenvalue weighted by Crippen LogP contribution is -2.15. The topological polar surface area (TPSA) is 44.5 Å². The van der Waals surface area contributed by atoms with Crippen LogP contribution in [-0.4, -0.2) is 20.3 Å². The molecule has 2 rings (SSSR count). The van der Waals surface area contributed by atoms with Crippen molar-refractivity contribution in [3.05, 3.63) is 58.6 Å². The number of hydrogen-bond acceptors (Lipinski definition) is 3. The Bertz CT molecular complexity index is 641. The van der Waals surface area contributed by atoms with E-state index in [4.69, 9.17) is 26.8 Å². The van der Waals surface area contributed by atoms with Crippen molar-refractivity contribution in [2.24, 2.45) is 11.7 Å². The zero-order valence-electron chi connectivity index (χ0n) is 14.6. The third kappa shape index (κ3) is 5.15. The highest BCUT2D eigenvalue weighted by molar-refractivity contribution is 6.32. The molecule has 0 radical (unpaired) electrons. The predicted molar refractivity (Wildman–Crippen MR) is 100 cm³/mol. The van der Waals surface area contributed by atoms with Gasteiger partial charge < -0.3 is 15.2 Å². The molecule has 0 bridgehead atoms. The average Bonchev–Trinajstić information content (AvgIpc) is 2.58. The molecule has 0 aliphatic rings. The molecule has 0 aliphatic heterocycles. The van der Waals surface area contributed by atoms with Gasteiger partial charge in [0.15, 0.2) is 0 Å². The molecular formula is C20H26ClNO2. The second kappa shape index (κ2) is 8.95. The molecule has 0 saturated heterocycles. The molecule has 0 amide bonds. The highest BCUT2D eigenvalue weighted by Gasteiger charge is 2.13. The number of nitrogens with two attached hydrogens (primary N) is 1. The van der Waals surface area contributed by atoms with E-state index in [0.29, 0.717) is 23.2 Å². The van der Waals surface area contributed by atoms with Gasteiger partial charge in [0.25, 0.3) is 0 Å². The van der Waals surface area contributed by atoms with Crippen LogP contribution in [0.5, 0.6) is 11.5 Å². The molecule has 3 nitrogen and oxygen atoms in total. The summed E-state index contributed by atoms with van der Waals surface area (Å²) >= 11 is 6.23. The van der Waals surface area contributed by atoms with Crippen LogP contribution in [0.25, 0.3) is 0 Å². The number of ether oxygens (including phenoxy) is 2. The van der Waals surface area contributed by atoms with Gasteiger partial charge in [-0.05, 0) is 54.3 Å². The largest absolute Gasteiger partial charge is 0.495 e. The third-order valence-electron chi connectivity index (χ3n) is 3.92. The van der Waals surface area contributed by atoms with E-state index in [9.17, 15) is 0 Å². The Balaban J connectivity index is 2.05. The summed E-state index contributed by atoms with van der Waals surface area (Å²) in [5.41, 5.74) is 8.34. The zero-order valence-corrected chi connectivity index (χ0v) is 15.3. The Morgan fingerprint density at radius 3 is 2.33 bits per heavy atom. The molecular weight excluding hydrogens is 322 g/mol. The van der Waals surface area contributed by atoms with Crippen LogP contribution in [0.3, 0.4) is 0 Å². The minimum absolute atomic E-state index is 0.218. The van der Waals surface area contributed by atoms with Gasteiger partial charge in [0, 0.05) is 5.92 Å². The molecule has 0 aliphatic carbocycles. The first kappa shape index (κ1) is 18.6. The second-order valence-corrected chi connectivity index (χ2v) is 6.79. The van der Waals surface area contributed by atoms with Crippen molar-refractivity contribution in [2.75, 3.05) is 20.3 Å². The average molecular weight is 348 g/mol. The molecule has 0 aromatic heterocycles. The summed E-state index contributed by atoms with van der Waals surface area (Å²) in [5.74, 6) is 2.33. The molecule has 1 unspecified atom stereocenters. The van der Waals surface area contributed by atoms with Gasteiger partial charge in [-0.25, -0.2) is 0 Å². The van der Waals surface area contributed by atoms with Gasteiger partial charge in [0.1, 0.15) is 11.5 Å². The van der Waals surface area contributed by atoms with Gasteiger partial charge in [-0.15, -0.1) is 0 Å². The lowest BCUT2D eigenvalue weighted by molar-refractivity contribution is 0.271. The Morgan fingerprint density at radius 1 is 1.08 bits per heavy atom. The minimum atomic E-state index is 0.218. The van der Waals surface area contributed by atoms with Gasteiger partial charge in [-0.1, -0.05) is 43.6 Å². The maximum absolute atomic E-state index is 6.23. The Kier molecular flexibility index (Phi) is 6.95. The van der Waals surface area contributed by atoms with Gasteiger partial charge in [-0.2, -0.15) is 0 Å². The van der Waals surface area contributed by atoms with E-state index in [1.54, 1.807) is 7.11 Å². The predicted octanol–water partition coefficient (Wildman–Crippen LogP) is 4.67. The van der Waals surface area contributed by atoms with Crippen LogP contribution in [0.15, 0.2) is 42.5 Å². The second-order valence-electron chi connectivity index (χ2n) is 6.38. The van der Waals surface area contributed by atoms with Crippen LogP contribution >= 0.6 is 11.6 Å². The van der Waals surface area contributed by atoms with Gasteiger partial charge in [0.2, 0.25) is 0 Å². The number of methoxy groups -OCH3 is 1. The van der Waals surface area contributed by atoms with E-state index in [1.807, 2.05) is 30.3 Å². The minimum Gasteiger partial charge on any atom is -0.495 e. The quantitative estimate of drug-likeness (QED) is 0.754. The van der Waals surface area contributed by atoms with E-state index in [-0.39, 0.29) is 5.92 Å². The van der Waals surface area contributed by atoms with E-state index >= 15 is 0 Å². The number of hydrogen-bond donors (Lipinski definition) is 1. The molecule has 0 saturated carbocycles. The zero-order chi connectivity index (χ0) is 17.5. The number of halogens is 1. The van der Waals surface area contributed by atoms with Crippen LogP contribution in [0.4, 0.5) is 0 Å². The Hall–Kier alpha value is -1.71. The summed E-state index contributed by atoms with van der Waals surface area (Å²) in [6.45, 7) is 5.57. The Morgan fingerprint density at radius 2 is 1.79 bits per heavy atom. The lowest BCUT2D eigenvalue weighted by Gasteiger charge is -2.17. The molecule has 2 aromatic carbocycles. The first-order valence-electron chi connectivity index (χ1n) is 8.28. The molecule has 2 N–H and O–H groups in total. The monoisotopic (exact) mass is 347 g/mol. The van der Waals surface area contributed by atoms with Gasteiger partial charge in [-0.3, -0.25) is 0 Å². The van der Waals surface area contributed by atoms with Crippen molar-refractivity contribution < 1.29 is 9.47 Å². The Labute approximate surface area is 149 Å². The van der Waals surface area contributed by atoms with Crippen molar-refractivity contribution in [2.45, 2.75) is 26.2 Å². The molecule has 0 spiro atoms. The molecule has 0 fully saturated rings. The van der Waals surface area contributed by atoms with E-state index in [2.05, 4.69) is 26.0 Å². The normalized spacial score (nSPS) is 12.2. The highest BCUT2D eigenvalue weighted by atomic mass is 35.5. The fourth-order valence-corrected chi connectivity index (χ4v) is 2.81. The molecule has 0 heterocycles. The molecule has 24 heavy (non-hydrogen) atoms.